The lowest BCUT2D eigenvalue weighted by atomic mass is 9.89. The number of para-hydroxylation sites is 1. The standard InChI is InChI=1S/C20H23N3O2S/c1-12-17(15-10-6-7-11-16(15)21-12)18(24)13(2)26-20-23-22-19(25-20)14-8-4-3-5-9-14/h6-7,10-11,13-14,21H,3-5,8-9H2,1-2H3/t13-/m1/s1. The molecule has 1 aromatic carbocycles. The minimum absolute atomic E-state index is 0.0855. The largest absolute Gasteiger partial charge is 0.416 e. The van der Waals surface area contributed by atoms with Gasteiger partial charge in [-0.05, 0) is 32.8 Å². The maximum atomic E-state index is 13.0. The number of aromatic amines is 1. The first-order valence-corrected chi connectivity index (χ1v) is 10.1. The summed E-state index contributed by atoms with van der Waals surface area (Å²) >= 11 is 1.35. The lowest BCUT2D eigenvalue weighted by molar-refractivity contribution is 0.0994. The second kappa shape index (κ2) is 7.27. The summed E-state index contributed by atoms with van der Waals surface area (Å²) in [5, 5.41) is 9.57. The van der Waals surface area contributed by atoms with Gasteiger partial charge in [0.15, 0.2) is 5.78 Å². The number of Topliss-reactive ketones (excluding diaryl/α,β-unsaturated/α-hetero) is 1. The van der Waals surface area contributed by atoms with Crippen molar-refractivity contribution in [2.75, 3.05) is 0 Å². The summed E-state index contributed by atoms with van der Waals surface area (Å²) in [5.41, 5.74) is 2.65. The van der Waals surface area contributed by atoms with E-state index in [1.807, 2.05) is 38.1 Å². The number of aromatic nitrogens is 3. The van der Waals surface area contributed by atoms with Crippen LogP contribution in [0.1, 0.15) is 66.9 Å². The average molecular weight is 369 g/mol. The van der Waals surface area contributed by atoms with Crippen LogP contribution in [0, 0.1) is 6.92 Å². The third-order valence-corrected chi connectivity index (χ3v) is 6.10. The topological polar surface area (TPSA) is 71.8 Å². The Balaban J connectivity index is 1.51. The van der Waals surface area contributed by atoms with Crippen LogP contribution in [0.2, 0.25) is 0 Å². The molecule has 4 rings (SSSR count). The van der Waals surface area contributed by atoms with E-state index in [9.17, 15) is 4.79 Å². The Kier molecular flexibility index (Phi) is 4.85. The van der Waals surface area contributed by atoms with Crippen LogP contribution in [-0.4, -0.2) is 26.2 Å². The zero-order valence-electron chi connectivity index (χ0n) is 15.1. The fraction of sp³-hybridized carbons (Fsp3) is 0.450. The Bertz CT molecular complexity index is 924. The minimum atomic E-state index is -0.285. The van der Waals surface area contributed by atoms with Gasteiger partial charge in [-0.25, -0.2) is 0 Å². The van der Waals surface area contributed by atoms with Gasteiger partial charge in [0.05, 0.1) is 5.25 Å². The van der Waals surface area contributed by atoms with Crippen LogP contribution in [0.4, 0.5) is 0 Å². The van der Waals surface area contributed by atoms with Crippen molar-refractivity contribution in [3.8, 4) is 0 Å². The van der Waals surface area contributed by atoms with E-state index in [4.69, 9.17) is 4.42 Å². The van der Waals surface area contributed by atoms with E-state index in [0.717, 1.165) is 40.9 Å². The molecule has 26 heavy (non-hydrogen) atoms. The molecule has 6 heteroatoms. The van der Waals surface area contributed by atoms with E-state index >= 15 is 0 Å². The van der Waals surface area contributed by atoms with Gasteiger partial charge in [0.25, 0.3) is 5.22 Å². The van der Waals surface area contributed by atoms with Crippen molar-refractivity contribution in [2.24, 2.45) is 0 Å². The number of rotatable bonds is 5. The summed E-state index contributed by atoms with van der Waals surface area (Å²) in [6, 6.07) is 7.90. The van der Waals surface area contributed by atoms with Gasteiger partial charge >= 0.3 is 0 Å². The number of nitrogens with one attached hydrogen (secondary N) is 1. The molecule has 136 valence electrons. The van der Waals surface area contributed by atoms with Gasteiger partial charge in [0.1, 0.15) is 0 Å². The minimum Gasteiger partial charge on any atom is -0.416 e. The van der Waals surface area contributed by atoms with Crippen molar-refractivity contribution in [1.82, 2.24) is 15.2 Å². The quantitative estimate of drug-likeness (QED) is 0.490. The van der Waals surface area contributed by atoms with E-state index < -0.39 is 0 Å². The zero-order chi connectivity index (χ0) is 18.1. The summed E-state index contributed by atoms with van der Waals surface area (Å²) in [6.45, 7) is 3.84. The predicted molar refractivity (Wildman–Crippen MR) is 103 cm³/mol. The molecule has 5 nitrogen and oxygen atoms in total. The number of thioether (sulfide) groups is 1. The van der Waals surface area contributed by atoms with Gasteiger partial charge in [-0.2, -0.15) is 0 Å². The molecule has 1 N–H and O–H groups in total. The number of carbonyl (C=O) groups is 1. The highest BCUT2D eigenvalue weighted by Gasteiger charge is 2.26. The fourth-order valence-corrected chi connectivity index (χ4v) is 4.53. The van der Waals surface area contributed by atoms with Crippen molar-refractivity contribution < 1.29 is 9.21 Å². The lowest BCUT2D eigenvalue weighted by Gasteiger charge is -2.17. The predicted octanol–water partition coefficient (Wildman–Crippen LogP) is 5.27. The number of carbonyl (C=O) groups excluding carboxylic acids is 1. The second-order valence-corrected chi connectivity index (χ2v) is 8.33. The van der Waals surface area contributed by atoms with Crippen LogP contribution in [0.15, 0.2) is 33.9 Å². The highest BCUT2D eigenvalue weighted by molar-refractivity contribution is 8.00. The van der Waals surface area contributed by atoms with Crippen LogP contribution in [-0.2, 0) is 0 Å². The molecule has 0 unspecified atom stereocenters. The number of ketones is 1. The van der Waals surface area contributed by atoms with Gasteiger partial charge in [-0.1, -0.05) is 49.2 Å². The molecule has 0 spiro atoms. The van der Waals surface area contributed by atoms with Gasteiger partial charge in [0.2, 0.25) is 5.89 Å². The first-order chi connectivity index (χ1) is 12.6. The third kappa shape index (κ3) is 3.30. The van der Waals surface area contributed by atoms with Crippen LogP contribution in [0.25, 0.3) is 10.9 Å². The van der Waals surface area contributed by atoms with Crippen LogP contribution < -0.4 is 0 Å². The number of aryl methyl sites for hydroxylation is 1. The number of H-pyrrole nitrogens is 1. The van der Waals surface area contributed by atoms with Gasteiger partial charge in [-0.15, -0.1) is 10.2 Å². The van der Waals surface area contributed by atoms with Gasteiger partial charge in [-0.3, -0.25) is 4.79 Å². The first kappa shape index (κ1) is 17.3. The van der Waals surface area contributed by atoms with Crippen molar-refractivity contribution in [3.63, 3.8) is 0 Å². The monoisotopic (exact) mass is 369 g/mol. The Morgan fingerprint density at radius 3 is 2.81 bits per heavy atom. The second-order valence-electron chi connectivity index (χ2n) is 7.04. The molecule has 0 amide bonds. The Labute approximate surface area is 157 Å². The molecule has 0 radical (unpaired) electrons. The van der Waals surface area contributed by atoms with Crippen LogP contribution in [0.5, 0.6) is 0 Å². The Morgan fingerprint density at radius 1 is 1.23 bits per heavy atom. The smallest absolute Gasteiger partial charge is 0.277 e. The molecular weight excluding hydrogens is 346 g/mol. The molecule has 0 bridgehead atoms. The normalized spacial score (nSPS) is 16.8. The maximum absolute atomic E-state index is 13.0. The Morgan fingerprint density at radius 2 is 2.00 bits per heavy atom. The SMILES string of the molecule is Cc1[nH]c2ccccc2c1C(=O)[C@@H](C)Sc1nnc(C2CCCCC2)o1. The van der Waals surface area contributed by atoms with Crippen molar-refractivity contribution >= 4 is 28.4 Å². The van der Waals surface area contributed by atoms with E-state index in [-0.39, 0.29) is 11.0 Å². The molecule has 1 fully saturated rings. The summed E-state index contributed by atoms with van der Waals surface area (Å²) in [5.74, 6) is 1.20. The van der Waals surface area contributed by atoms with E-state index in [1.165, 1.54) is 31.0 Å². The molecule has 1 saturated carbocycles. The summed E-state index contributed by atoms with van der Waals surface area (Å²) < 4.78 is 5.86. The molecule has 1 atom stereocenters. The van der Waals surface area contributed by atoms with Crippen LogP contribution >= 0.6 is 11.8 Å². The Hall–Kier alpha value is -2.08. The molecule has 2 heterocycles. The van der Waals surface area contributed by atoms with Crippen molar-refractivity contribution in [1.29, 1.82) is 0 Å². The number of nitrogens with zero attached hydrogens (tertiary/aromatic N) is 2. The van der Waals surface area contributed by atoms with Crippen LogP contribution in [0.3, 0.4) is 0 Å². The van der Waals surface area contributed by atoms with Crippen molar-refractivity contribution in [3.05, 3.63) is 41.4 Å². The molecule has 0 saturated heterocycles. The fourth-order valence-electron chi connectivity index (χ4n) is 3.78. The van der Waals surface area contributed by atoms with Gasteiger partial charge in [0, 0.05) is 28.1 Å². The first-order valence-electron chi connectivity index (χ1n) is 9.25. The molecule has 2 aromatic heterocycles. The maximum Gasteiger partial charge on any atom is 0.277 e. The summed E-state index contributed by atoms with van der Waals surface area (Å²) in [7, 11) is 0. The zero-order valence-corrected chi connectivity index (χ0v) is 15.9. The molecular formula is C20H23N3O2S. The molecule has 3 aromatic rings. The van der Waals surface area contributed by atoms with Crippen molar-refractivity contribution in [2.45, 2.75) is 62.3 Å². The third-order valence-electron chi connectivity index (χ3n) is 5.16. The molecule has 1 aliphatic rings. The van der Waals surface area contributed by atoms with E-state index in [0.29, 0.717) is 11.1 Å². The summed E-state index contributed by atoms with van der Waals surface area (Å²) in [6.07, 6.45) is 5.99. The number of hydrogen-bond acceptors (Lipinski definition) is 5. The number of hydrogen-bond donors (Lipinski definition) is 1. The number of benzene rings is 1. The van der Waals surface area contributed by atoms with Gasteiger partial charge < -0.3 is 9.40 Å². The highest BCUT2D eigenvalue weighted by atomic mass is 32.2. The highest BCUT2D eigenvalue weighted by Crippen LogP contribution is 2.34. The van der Waals surface area contributed by atoms with E-state index in [2.05, 4.69) is 15.2 Å². The summed E-state index contributed by atoms with van der Waals surface area (Å²) in [4.78, 5) is 16.3. The number of fused-ring (bicyclic) bond motifs is 1. The molecule has 1 aliphatic carbocycles. The molecule has 0 aliphatic heterocycles. The van der Waals surface area contributed by atoms with E-state index in [1.54, 1.807) is 0 Å². The average Bonchev–Trinajstić information content (AvgIpc) is 3.25. The lowest BCUT2D eigenvalue weighted by Crippen LogP contribution is -2.14.